The first-order valence-corrected chi connectivity index (χ1v) is 12.6. The Hall–Kier alpha value is -3.92. The van der Waals surface area contributed by atoms with E-state index in [1.165, 1.54) is 50.1 Å². The summed E-state index contributed by atoms with van der Waals surface area (Å²) in [6, 6.07) is 8.20. The zero-order valence-electron chi connectivity index (χ0n) is 20.8. The molecular weight excluding hydrogens is 525 g/mol. The second-order valence-corrected chi connectivity index (χ2v) is 9.53. The number of ether oxygens (including phenoxy) is 3. The van der Waals surface area contributed by atoms with E-state index in [9.17, 15) is 27.7 Å². The van der Waals surface area contributed by atoms with Crippen LogP contribution < -0.4 is 14.8 Å². The minimum absolute atomic E-state index is 0.0371. The van der Waals surface area contributed by atoms with E-state index >= 15 is 0 Å². The molecule has 0 unspecified atom stereocenters. The number of carbonyl (C=O) groups is 1. The van der Waals surface area contributed by atoms with Crippen molar-refractivity contribution in [2.24, 2.45) is 0 Å². The molecule has 15 heteroatoms. The predicted molar refractivity (Wildman–Crippen MR) is 133 cm³/mol. The molecule has 0 saturated heterocycles. The smallest absolute Gasteiger partial charge is 0.272 e. The number of hydrogen-bond acceptors (Lipinski definition) is 9. The van der Waals surface area contributed by atoms with Crippen molar-refractivity contribution in [2.75, 3.05) is 40.5 Å². The predicted octanol–water partition coefficient (Wildman–Crippen LogP) is 2.32. The molecule has 0 fully saturated rings. The highest BCUT2D eigenvalue weighted by atomic mass is 32.2. The lowest BCUT2D eigenvalue weighted by Crippen LogP contribution is -2.28. The van der Waals surface area contributed by atoms with Gasteiger partial charge in [0.2, 0.25) is 15.9 Å². The minimum atomic E-state index is -4.29. The Morgan fingerprint density at radius 1 is 1.11 bits per heavy atom. The molecule has 1 amide bonds. The molecule has 0 saturated carbocycles. The molecule has 3 aromatic rings. The number of nitrogens with one attached hydrogen (secondary N) is 2. The van der Waals surface area contributed by atoms with Crippen LogP contribution in [0.2, 0.25) is 0 Å². The number of nitrogens with zero attached hydrogens (tertiary/aromatic N) is 3. The molecule has 38 heavy (non-hydrogen) atoms. The van der Waals surface area contributed by atoms with Gasteiger partial charge in [-0.05, 0) is 37.3 Å². The molecule has 3 rings (SSSR count). The molecular formula is C23H26FN5O8S. The van der Waals surface area contributed by atoms with Gasteiger partial charge in [-0.1, -0.05) is 0 Å². The highest BCUT2D eigenvalue weighted by Crippen LogP contribution is 2.35. The summed E-state index contributed by atoms with van der Waals surface area (Å²) in [7, 11) is -1.43. The highest BCUT2D eigenvalue weighted by molar-refractivity contribution is 7.89. The van der Waals surface area contributed by atoms with Gasteiger partial charge < -0.3 is 19.5 Å². The van der Waals surface area contributed by atoms with E-state index in [0.29, 0.717) is 5.69 Å². The van der Waals surface area contributed by atoms with E-state index in [0.717, 1.165) is 18.2 Å². The Morgan fingerprint density at radius 3 is 2.39 bits per heavy atom. The molecule has 2 aromatic carbocycles. The quantitative estimate of drug-likeness (QED) is 0.184. The van der Waals surface area contributed by atoms with Crippen molar-refractivity contribution in [1.29, 1.82) is 0 Å². The van der Waals surface area contributed by atoms with Gasteiger partial charge in [-0.25, -0.2) is 17.5 Å². The van der Waals surface area contributed by atoms with Gasteiger partial charge in [-0.15, -0.1) is 0 Å². The molecule has 0 spiro atoms. The molecule has 0 radical (unpaired) electrons. The van der Waals surface area contributed by atoms with Crippen LogP contribution in [-0.2, 0) is 19.5 Å². The summed E-state index contributed by atoms with van der Waals surface area (Å²) in [6.45, 7) is 1.95. The average Bonchev–Trinajstić information content (AvgIpc) is 3.20. The van der Waals surface area contributed by atoms with Crippen molar-refractivity contribution >= 4 is 21.6 Å². The molecule has 0 aliphatic carbocycles. The molecule has 0 aliphatic heterocycles. The van der Waals surface area contributed by atoms with E-state index < -0.39 is 37.3 Å². The third-order valence-electron chi connectivity index (χ3n) is 5.18. The monoisotopic (exact) mass is 551 g/mol. The number of aromatic nitrogens is 2. The van der Waals surface area contributed by atoms with Crippen LogP contribution >= 0.6 is 0 Å². The van der Waals surface area contributed by atoms with Crippen molar-refractivity contribution in [1.82, 2.24) is 19.8 Å². The standard InChI is InChI=1S/C23H26FN5O8S/c1-15-21(22(30)25-10-12-35-2)27-28(17-6-4-16(24)5-7-17)23(15)37-19-9-8-18(29(31)32)14-20(19)38(33,34)26-11-13-36-3/h4-9,14,26H,10-13H2,1-3H3,(H,25,30). The van der Waals surface area contributed by atoms with Crippen molar-refractivity contribution in [3.63, 3.8) is 0 Å². The van der Waals surface area contributed by atoms with Crippen molar-refractivity contribution in [3.8, 4) is 17.3 Å². The SMILES string of the molecule is COCCNC(=O)c1nn(-c2ccc(F)cc2)c(Oc2ccc([N+](=O)[O-])cc2S(=O)(=O)NCCOC)c1C. The maximum atomic E-state index is 13.6. The number of nitro groups is 1. The van der Waals surface area contributed by atoms with Crippen molar-refractivity contribution in [3.05, 3.63) is 69.7 Å². The van der Waals surface area contributed by atoms with Crippen LogP contribution in [-0.4, -0.2) is 69.6 Å². The van der Waals surface area contributed by atoms with Crippen LogP contribution in [0.5, 0.6) is 11.6 Å². The fraction of sp³-hybridized carbons (Fsp3) is 0.304. The average molecular weight is 552 g/mol. The van der Waals surface area contributed by atoms with Gasteiger partial charge >= 0.3 is 0 Å². The van der Waals surface area contributed by atoms with Gasteiger partial charge in [0.05, 0.1) is 23.8 Å². The Kier molecular flexibility index (Phi) is 9.46. The van der Waals surface area contributed by atoms with Gasteiger partial charge in [0.1, 0.15) is 16.5 Å². The number of nitro benzene ring substituents is 1. The van der Waals surface area contributed by atoms with E-state index in [1.807, 2.05) is 0 Å². The Bertz CT molecular complexity index is 1410. The summed E-state index contributed by atoms with van der Waals surface area (Å²) in [5.74, 6) is -1.39. The third-order valence-corrected chi connectivity index (χ3v) is 6.66. The first-order chi connectivity index (χ1) is 18.1. The number of benzene rings is 2. The molecule has 13 nitrogen and oxygen atoms in total. The molecule has 0 bridgehead atoms. The number of halogens is 1. The fourth-order valence-corrected chi connectivity index (χ4v) is 4.45. The molecule has 0 atom stereocenters. The number of sulfonamides is 1. The van der Waals surface area contributed by atoms with E-state index in [1.54, 1.807) is 0 Å². The first kappa shape index (κ1) is 28.6. The number of non-ortho nitro benzene ring substituents is 1. The molecule has 1 aromatic heterocycles. The van der Waals surface area contributed by atoms with Crippen molar-refractivity contribution in [2.45, 2.75) is 11.8 Å². The number of hydrogen-bond donors (Lipinski definition) is 2. The number of carbonyl (C=O) groups excluding carboxylic acids is 1. The van der Waals surface area contributed by atoms with Gasteiger partial charge in [0.25, 0.3) is 11.6 Å². The zero-order chi connectivity index (χ0) is 27.9. The summed E-state index contributed by atoms with van der Waals surface area (Å²) >= 11 is 0. The molecule has 204 valence electrons. The lowest BCUT2D eigenvalue weighted by atomic mass is 10.2. The van der Waals surface area contributed by atoms with Gasteiger partial charge in [0, 0.05) is 45.0 Å². The summed E-state index contributed by atoms with van der Waals surface area (Å²) in [6.07, 6.45) is 0. The van der Waals surface area contributed by atoms with Gasteiger partial charge in [-0.2, -0.15) is 9.78 Å². The topological polar surface area (TPSA) is 164 Å². The number of methoxy groups -OCH3 is 2. The zero-order valence-corrected chi connectivity index (χ0v) is 21.6. The van der Waals surface area contributed by atoms with Crippen LogP contribution in [0.25, 0.3) is 5.69 Å². The van der Waals surface area contributed by atoms with E-state index in [2.05, 4.69) is 15.1 Å². The Labute approximate surface area is 217 Å². The minimum Gasteiger partial charge on any atom is -0.437 e. The fourth-order valence-electron chi connectivity index (χ4n) is 3.29. The number of amides is 1. The van der Waals surface area contributed by atoms with Crippen LogP contribution in [0.3, 0.4) is 0 Å². The van der Waals surface area contributed by atoms with Crippen LogP contribution in [0, 0.1) is 22.9 Å². The van der Waals surface area contributed by atoms with Gasteiger partial charge in [0.15, 0.2) is 5.69 Å². The lowest BCUT2D eigenvalue weighted by molar-refractivity contribution is -0.385. The Balaban J connectivity index is 2.13. The largest absolute Gasteiger partial charge is 0.437 e. The lowest BCUT2D eigenvalue weighted by Gasteiger charge is -2.14. The van der Waals surface area contributed by atoms with Crippen molar-refractivity contribution < 1.29 is 36.7 Å². The third kappa shape index (κ3) is 6.69. The maximum Gasteiger partial charge on any atom is 0.272 e. The van der Waals surface area contributed by atoms with E-state index in [4.69, 9.17) is 14.2 Å². The van der Waals surface area contributed by atoms with Crippen LogP contribution in [0.4, 0.5) is 10.1 Å². The highest BCUT2D eigenvalue weighted by Gasteiger charge is 2.27. The summed E-state index contributed by atoms with van der Waals surface area (Å²) in [5.41, 5.74) is 0.0275. The second-order valence-electron chi connectivity index (χ2n) is 7.80. The van der Waals surface area contributed by atoms with Gasteiger partial charge in [-0.3, -0.25) is 14.9 Å². The van der Waals surface area contributed by atoms with Crippen LogP contribution in [0.15, 0.2) is 47.4 Å². The summed E-state index contributed by atoms with van der Waals surface area (Å²) < 4.78 is 58.9. The molecule has 1 heterocycles. The maximum absolute atomic E-state index is 13.6. The molecule has 0 aliphatic rings. The Morgan fingerprint density at radius 2 is 1.76 bits per heavy atom. The summed E-state index contributed by atoms with van der Waals surface area (Å²) in [4.78, 5) is 22.9. The normalized spacial score (nSPS) is 11.4. The first-order valence-electron chi connectivity index (χ1n) is 11.2. The second kappa shape index (κ2) is 12.6. The van der Waals surface area contributed by atoms with Crippen LogP contribution in [0.1, 0.15) is 16.1 Å². The molecule has 2 N–H and O–H groups in total. The number of rotatable bonds is 13. The van der Waals surface area contributed by atoms with E-state index in [-0.39, 0.29) is 49.2 Å². The summed E-state index contributed by atoms with van der Waals surface area (Å²) in [5, 5.41) is 18.3.